The van der Waals surface area contributed by atoms with Crippen molar-refractivity contribution in [1.29, 1.82) is 5.26 Å². The molecule has 15 heavy (non-hydrogen) atoms. The predicted octanol–water partition coefficient (Wildman–Crippen LogP) is -0.410. The summed E-state index contributed by atoms with van der Waals surface area (Å²) in [5, 5.41) is 27.0. The molecule has 0 aliphatic carbocycles. The third kappa shape index (κ3) is 2.34. The molecule has 6 heteroatoms. The fraction of sp³-hybridized carbons (Fsp3) is 0.333. The molecule has 0 aliphatic rings. The monoisotopic (exact) mass is 209 g/mol. The number of nitrogens with two attached hydrogens (primary N) is 1. The number of anilines is 1. The molecule has 0 saturated carbocycles. The summed E-state index contributed by atoms with van der Waals surface area (Å²) in [5.74, 6) is 0.234. The van der Waals surface area contributed by atoms with Crippen molar-refractivity contribution in [2.24, 2.45) is 0 Å². The summed E-state index contributed by atoms with van der Waals surface area (Å²) in [7, 11) is 1.42. The van der Waals surface area contributed by atoms with E-state index in [1.807, 2.05) is 0 Å². The van der Waals surface area contributed by atoms with Crippen molar-refractivity contribution in [3.8, 4) is 11.9 Å². The maximum atomic E-state index is 9.47. The molecule has 80 valence electrons. The molecule has 1 aromatic heterocycles. The molecule has 4 N–H and O–H groups in total. The lowest BCUT2D eigenvalue weighted by molar-refractivity contribution is 0.0525. The second kappa shape index (κ2) is 4.59. The maximum absolute atomic E-state index is 9.47. The highest BCUT2D eigenvalue weighted by molar-refractivity contribution is 5.49. The largest absolute Gasteiger partial charge is 0.480 e. The normalized spacial score (nSPS) is 14.0. The highest BCUT2D eigenvalue weighted by Gasteiger charge is 2.19. The number of aromatic nitrogens is 1. The molecule has 0 amide bonds. The Hall–Kier alpha value is -1.84. The van der Waals surface area contributed by atoms with Gasteiger partial charge in [0.1, 0.15) is 6.10 Å². The van der Waals surface area contributed by atoms with Crippen molar-refractivity contribution >= 4 is 5.69 Å². The number of hydrogen-bond acceptors (Lipinski definition) is 6. The standard InChI is InChI=1S/C9H11N3O3/c1-15-9-6(11)2-5(4-12-9)8(14)7(13)3-10/h2,4,7-8,13-14H,11H2,1H3. The average molecular weight is 209 g/mol. The number of pyridine rings is 1. The lowest BCUT2D eigenvalue weighted by atomic mass is 10.1. The van der Waals surface area contributed by atoms with E-state index < -0.39 is 12.2 Å². The van der Waals surface area contributed by atoms with Crippen LogP contribution < -0.4 is 10.5 Å². The van der Waals surface area contributed by atoms with E-state index in [9.17, 15) is 5.11 Å². The number of rotatable bonds is 3. The number of methoxy groups -OCH3 is 1. The molecule has 0 aromatic carbocycles. The van der Waals surface area contributed by atoms with Gasteiger partial charge in [0.25, 0.3) is 0 Å². The smallest absolute Gasteiger partial charge is 0.236 e. The summed E-state index contributed by atoms with van der Waals surface area (Å²) in [6, 6.07) is 2.92. The zero-order chi connectivity index (χ0) is 11.4. The Bertz CT molecular complexity index is 389. The quantitative estimate of drug-likeness (QED) is 0.583. The van der Waals surface area contributed by atoms with Crippen molar-refractivity contribution in [1.82, 2.24) is 4.98 Å². The first-order valence-electron chi connectivity index (χ1n) is 4.15. The highest BCUT2D eigenvalue weighted by Crippen LogP contribution is 2.23. The molecular formula is C9H11N3O3. The van der Waals surface area contributed by atoms with Crippen molar-refractivity contribution in [2.75, 3.05) is 12.8 Å². The first-order chi connectivity index (χ1) is 7.10. The van der Waals surface area contributed by atoms with Crippen LogP contribution >= 0.6 is 0 Å². The summed E-state index contributed by atoms with van der Waals surface area (Å²) < 4.78 is 4.82. The van der Waals surface area contributed by atoms with Gasteiger partial charge in [-0.3, -0.25) is 0 Å². The minimum Gasteiger partial charge on any atom is -0.480 e. The zero-order valence-corrected chi connectivity index (χ0v) is 8.08. The topological polar surface area (TPSA) is 112 Å². The second-order valence-corrected chi connectivity index (χ2v) is 2.89. The third-order valence-electron chi connectivity index (χ3n) is 1.87. The summed E-state index contributed by atoms with van der Waals surface area (Å²) >= 11 is 0. The van der Waals surface area contributed by atoms with Crippen LogP contribution in [0.1, 0.15) is 11.7 Å². The van der Waals surface area contributed by atoms with Crippen molar-refractivity contribution in [3.05, 3.63) is 17.8 Å². The average Bonchev–Trinajstić information content (AvgIpc) is 2.26. The predicted molar refractivity (Wildman–Crippen MR) is 51.8 cm³/mol. The SMILES string of the molecule is COc1ncc(C(O)C(O)C#N)cc1N. The number of aliphatic hydroxyl groups excluding tert-OH is 2. The molecule has 0 aliphatic heterocycles. The molecule has 1 heterocycles. The summed E-state index contributed by atoms with van der Waals surface area (Å²) in [5.41, 5.74) is 6.05. The fourth-order valence-corrected chi connectivity index (χ4v) is 1.07. The Kier molecular flexibility index (Phi) is 3.44. The number of ether oxygens (including phenoxy) is 1. The van der Waals surface area contributed by atoms with Gasteiger partial charge in [-0.1, -0.05) is 0 Å². The number of nitrogen functional groups attached to an aromatic ring is 1. The molecule has 1 aromatic rings. The second-order valence-electron chi connectivity index (χ2n) is 2.89. The minimum absolute atomic E-state index is 0.234. The number of nitrogens with zero attached hydrogens (tertiary/aromatic N) is 2. The molecule has 0 saturated heterocycles. The molecule has 1 rings (SSSR count). The molecule has 6 nitrogen and oxygen atoms in total. The molecule has 0 bridgehead atoms. The highest BCUT2D eigenvalue weighted by atomic mass is 16.5. The van der Waals surface area contributed by atoms with Crippen LogP contribution in [0.5, 0.6) is 5.88 Å². The van der Waals surface area contributed by atoms with Gasteiger partial charge in [0.2, 0.25) is 5.88 Å². The van der Waals surface area contributed by atoms with Gasteiger partial charge in [-0.05, 0) is 6.07 Å². The van der Waals surface area contributed by atoms with Crippen LogP contribution in [0.3, 0.4) is 0 Å². The third-order valence-corrected chi connectivity index (χ3v) is 1.87. The Morgan fingerprint density at radius 3 is 2.73 bits per heavy atom. The van der Waals surface area contributed by atoms with Crippen LogP contribution in [0.2, 0.25) is 0 Å². The van der Waals surface area contributed by atoms with Crippen LogP contribution in [0.25, 0.3) is 0 Å². The van der Waals surface area contributed by atoms with E-state index in [1.165, 1.54) is 25.4 Å². The summed E-state index contributed by atoms with van der Waals surface area (Å²) in [4.78, 5) is 3.81. The summed E-state index contributed by atoms with van der Waals surface area (Å²) in [6.07, 6.45) is -1.53. The van der Waals surface area contributed by atoms with Gasteiger partial charge in [0, 0.05) is 11.8 Å². The Morgan fingerprint density at radius 2 is 2.27 bits per heavy atom. The van der Waals surface area contributed by atoms with Crippen LogP contribution in [0.15, 0.2) is 12.3 Å². The van der Waals surface area contributed by atoms with Gasteiger partial charge < -0.3 is 20.7 Å². The number of aliphatic hydroxyl groups is 2. The number of nitriles is 1. The van der Waals surface area contributed by atoms with Crippen molar-refractivity contribution in [2.45, 2.75) is 12.2 Å². The van der Waals surface area contributed by atoms with Gasteiger partial charge >= 0.3 is 0 Å². The van der Waals surface area contributed by atoms with Gasteiger partial charge in [-0.15, -0.1) is 0 Å². The van der Waals surface area contributed by atoms with E-state index in [0.29, 0.717) is 0 Å². The number of hydrogen-bond donors (Lipinski definition) is 3. The van der Waals surface area contributed by atoms with E-state index in [2.05, 4.69) is 4.98 Å². The molecular weight excluding hydrogens is 198 g/mol. The van der Waals surface area contributed by atoms with E-state index >= 15 is 0 Å². The molecule has 0 fully saturated rings. The maximum Gasteiger partial charge on any atom is 0.236 e. The van der Waals surface area contributed by atoms with E-state index in [0.717, 1.165) is 0 Å². The summed E-state index contributed by atoms with van der Waals surface area (Å²) in [6.45, 7) is 0. The first-order valence-corrected chi connectivity index (χ1v) is 4.15. The molecule has 2 atom stereocenters. The molecule has 0 spiro atoms. The Labute approximate surface area is 86.5 Å². The van der Waals surface area contributed by atoms with E-state index in [1.54, 1.807) is 0 Å². The molecule has 2 unspecified atom stereocenters. The minimum atomic E-state index is -1.50. The van der Waals surface area contributed by atoms with E-state index in [4.69, 9.17) is 20.8 Å². The van der Waals surface area contributed by atoms with Gasteiger partial charge in [0.15, 0.2) is 6.10 Å². The van der Waals surface area contributed by atoms with Crippen LogP contribution in [-0.4, -0.2) is 28.4 Å². The Morgan fingerprint density at radius 1 is 1.60 bits per heavy atom. The van der Waals surface area contributed by atoms with Crippen LogP contribution in [0, 0.1) is 11.3 Å². The van der Waals surface area contributed by atoms with Gasteiger partial charge in [-0.2, -0.15) is 5.26 Å². The zero-order valence-electron chi connectivity index (χ0n) is 8.08. The van der Waals surface area contributed by atoms with Gasteiger partial charge in [-0.25, -0.2) is 4.98 Å². The van der Waals surface area contributed by atoms with Crippen molar-refractivity contribution < 1.29 is 14.9 Å². The lowest BCUT2D eigenvalue weighted by Crippen LogP contribution is -2.16. The lowest BCUT2D eigenvalue weighted by Gasteiger charge is -2.12. The molecule has 0 radical (unpaired) electrons. The Balaban J connectivity index is 2.98. The van der Waals surface area contributed by atoms with Crippen molar-refractivity contribution in [3.63, 3.8) is 0 Å². The fourth-order valence-electron chi connectivity index (χ4n) is 1.07. The first kappa shape index (κ1) is 11.2. The van der Waals surface area contributed by atoms with Crippen LogP contribution in [-0.2, 0) is 0 Å². The van der Waals surface area contributed by atoms with Gasteiger partial charge in [0.05, 0.1) is 18.9 Å². The van der Waals surface area contributed by atoms with Crippen LogP contribution in [0.4, 0.5) is 5.69 Å². The van der Waals surface area contributed by atoms with E-state index in [-0.39, 0.29) is 17.1 Å².